The Labute approximate surface area is 177 Å². The summed E-state index contributed by atoms with van der Waals surface area (Å²) in [6.45, 7) is 0. The lowest BCUT2D eigenvalue weighted by molar-refractivity contribution is -0.119. The Bertz CT molecular complexity index is 642. The molecule has 1 heteroatoms. The first kappa shape index (κ1) is 21.8. The molecule has 1 aliphatic carbocycles. The minimum absolute atomic E-state index is 0.350. The Hall–Kier alpha value is -1.89. The van der Waals surface area contributed by atoms with Crippen molar-refractivity contribution in [3.8, 4) is 0 Å². The number of rotatable bonds is 4. The number of hydrogen-bond donors (Lipinski definition) is 0. The highest BCUT2D eigenvalue weighted by Crippen LogP contribution is 2.39. The molecule has 3 rings (SSSR count). The van der Waals surface area contributed by atoms with Crippen LogP contribution in [0.15, 0.2) is 60.7 Å². The fraction of sp³-hybridized carbons (Fsp3) is 0.536. The molecule has 0 radical (unpaired) electrons. The van der Waals surface area contributed by atoms with Gasteiger partial charge in [0.25, 0.3) is 0 Å². The SMILES string of the molecule is O=C1CCCCCCC(Cc2ccccc2)(Cc2ccccc2)CCCCCC1. The summed E-state index contributed by atoms with van der Waals surface area (Å²) in [5, 5.41) is 0. The summed E-state index contributed by atoms with van der Waals surface area (Å²) in [5.74, 6) is 0.490. The second-order valence-corrected chi connectivity index (χ2v) is 9.19. The van der Waals surface area contributed by atoms with Gasteiger partial charge in [0, 0.05) is 12.8 Å². The molecule has 0 N–H and O–H groups in total. The highest BCUT2D eigenvalue weighted by atomic mass is 16.1. The van der Waals surface area contributed by atoms with E-state index in [9.17, 15) is 4.79 Å². The summed E-state index contributed by atoms with van der Waals surface area (Å²) >= 11 is 0. The lowest BCUT2D eigenvalue weighted by atomic mass is 9.69. The number of ketones is 1. The van der Waals surface area contributed by atoms with Crippen LogP contribution in [0.2, 0.25) is 0 Å². The molecule has 2 aromatic carbocycles. The quantitative estimate of drug-likeness (QED) is 0.522. The van der Waals surface area contributed by atoms with E-state index in [1.165, 1.54) is 75.3 Å². The molecular formula is C28H38O. The second kappa shape index (κ2) is 12.0. The Morgan fingerprint density at radius 1 is 0.552 bits per heavy atom. The van der Waals surface area contributed by atoms with E-state index >= 15 is 0 Å². The molecule has 0 spiro atoms. The van der Waals surface area contributed by atoms with E-state index in [0.717, 1.165) is 25.7 Å². The van der Waals surface area contributed by atoms with Gasteiger partial charge in [-0.25, -0.2) is 0 Å². The molecule has 1 aliphatic rings. The van der Waals surface area contributed by atoms with Gasteiger partial charge < -0.3 is 0 Å². The average Bonchev–Trinajstić information content (AvgIpc) is 2.74. The molecule has 0 atom stereocenters. The minimum Gasteiger partial charge on any atom is -0.300 e. The maximum atomic E-state index is 12.0. The van der Waals surface area contributed by atoms with Crippen molar-refractivity contribution >= 4 is 5.78 Å². The number of carbonyl (C=O) groups excluding carboxylic acids is 1. The van der Waals surface area contributed by atoms with Gasteiger partial charge in [0.05, 0.1) is 0 Å². The fourth-order valence-electron chi connectivity index (χ4n) is 5.08. The largest absolute Gasteiger partial charge is 0.300 e. The molecule has 0 heterocycles. The molecule has 156 valence electrons. The molecule has 2 aromatic rings. The highest BCUT2D eigenvalue weighted by Gasteiger charge is 2.30. The maximum absolute atomic E-state index is 12.0. The van der Waals surface area contributed by atoms with E-state index in [1.807, 2.05) is 0 Å². The van der Waals surface area contributed by atoms with Crippen molar-refractivity contribution in [3.05, 3.63) is 71.8 Å². The van der Waals surface area contributed by atoms with Crippen molar-refractivity contribution in [2.24, 2.45) is 5.41 Å². The molecule has 29 heavy (non-hydrogen) atoms. The number of Topliss-reactive ketones (excluding diaryl/α,β-unsaturated/α-hetero) is 1. The summed E-state index contributed by atoms with van der Waals surface area (Å²) in [4.78, 5) is 12.0. The Morgan fingerprint density at radius 3 is 1.41 bits per heavy atom. The third-order valence-corrected chi connectivity index (χ3v) is 6.67. The summed E-state index contributed by atoms with van der Waals surface area (Å²) < 4.78 is 0. The monoisotopic (exact) mass is 390 g/mol. The Morgan fingerprint density at radius 2 is 0.966 bits per heavy atom. The topological polar surface area (TPSA) is 17.1 Å². The van der Waals surface area contributed by atoms with Gasteiger partial charge in [0.15, 0.2) is 0 Å². The molecule has 1 saturated carbocycles. The third kappa shape index (κ3) is 7.80. The molecule has 1 nitrogen and oxygen atoms in total. The van der Waals surface area contributed by atoms with Crippen LogP contribution in [0.5, 0.6) is 0 Å². The fourth-order valence-corrected chi connectivity index (χ4v) is 5.08. The van der Waals surface area contributed by atoms with Gasteiger partial charge in [-0.2, -0.15) is 0 Å². The van der Waals surface area contributed by atoms with Gasteiger partial charge in [-0.3, -0.25) is 4.79 Å². The average molecular weight is 391 g/mol. The third-order valence-electron chi connectivity index (χ3n) is 6.67. The van der Waals surface area contributed by atoms with E-state index in [1.54, 1.807) is 0 Å². The predicted octanol–water partition coefficient (Wildman–Crippen LogP) is 7.72. The first-order valence-electron chi connectivity index (χ1n) is 11.9. The van der Waals surface area contributed by atoms with Crippen LogP contribution in [0.25, 0.3) is 0 Å². The second-order valence-electron chi connectivity index (χ2n) is 9.19. The van der Waals surface area contributed by atoms with Crippen molar-refractivity contribution in [3.63, 3.8) is 0 Å². The van der Waals surface area contributed by atoms with Crippen LogP contribution in [0.3, 0.4) is 0 Å². The Kier molecular flexibility index (Phi) is 8.99. The maximum Gasteiger partial charge on any atom is 0.132 e. The number of hydrogen-bond acceptors (Lipinski definition) is 1. The van der Waals surface area contributed by atoms with Crippen LogP contribution in [0, 0.1) is 5.41 Å². The first-order valence-corrected chi connectivity index (χ1v) is 11.9. The summed E-state index contributed by atoms with van der Waals surface area (Å²) in [5.41, 5.74) is 3.31. The molecule has 0 amide bonds. The summed E-state index contributed by atoms with van der Waals surface area (Å²) in [6, 6.07) is 22.2. The zero-order valence-electron chi connectivity index (χ0n) is 18.1. The molecule has 0 unspecified atom stereocenters. The van der Waals surface area contributed by atoms with Crippen LogP contribution >= 0.6 is 0 Å². The van der Waals surface area contributed by atoms with E-state index in [0.29, 0.717) is 11.2 Å². The van der Waals surface area contributed by atoms with Crippen LogP contribution in [-0.4, -0.2) is 5.78 Å². The molecule has 0 aromatic heterocycles. The normalized spacial score (nSPS) is 19.4. The molecule has 0 saturated heterocycles. The minimum atomic E-state index is 0.350. The van der Waals surface area contributed by atoms with E-state index < -0.39 is 0 Å². The highest BCUT2D eigenvalue weighted by molar-refractivity contribution is 5.78. The van der Waals surface area contributed by atoms with Gasteiger partial charge in [0.2, 0.25) is 0 Å². The molecule has 1 fully saturated rings. The zero-order valence-corrected chi connectivity index (χ0v) is 18.1. The van der Waals surface area contributed by atoms with Crippen molar-refractivity contribution in [1.29, 1.82) is 0 Å². The van der Waals surface area contributed by atoms with Gasteiger partial charge >= 0.3 is 0 Å². The van der Waals surface area contributed by atoms with Crippen LogP contribution in [0.1, 0.15) is 88.2 Å². The van der Waals surface area contributed by atoms with Crippen molar-refractivity contribution in [2.75, 3.05) is 0 Å². The van der Waals surface area contributed by atoms with Gasteiger partial charge in [-0.15, -0.1) is 0 Å². The van der Waals surface area contributed by atoms with Gasteiger partial charge in [-0.1, -0.05) is 99.2 Å². The van der Waals surface area contributed by atoms with E-state index in [2.05, 4.69) is 60.7 Å². The lowest BCUT2D eigenvalue weighted by Gasteiger charge is -2.35. The van der Waals surface area contributed by atoms with Crippen LogP contribution in [0.4, 0.5) is 0 Å². The van der Waals surface area contributed by atoms with E-state index in [4.69, 9.17) is 0 Å². The lowest BCUT2D eigenvalue weighted by Crippen LogP contribution is -2.27. The van der Waals surface area contributed by atoms with Crippen molar-refractivity contribution in [1.82, 2.24) is 0 Å². The number of carbonyl (C=O) groups is 1. The summed E-state index contributed by atoms with van der Waals surface area (Å²) in [7, 11) is 0. The first-order chi connectivity index (χ1) is 14.3. The van der Waals surface area contributed by atoms with Crippen molar-refractivity contribution in [2.45, 2.75) is 89.9 Å². The van der Waals surface area contributed by atoms with Crippen LogP contribution in [-0.2, 0) is 17.6 Å². The number of benzene rings is 2. The predicted molar refractivity (Wildman–Crippen MR) is 123 cm³/mol. The van der Waals surface area contributed by atoms with Crippen LogP contribution < -0.4 is 0 Å². The van der Waals surface area contributed by atoms with E-state index in [-0.39, 0.29) is 0 Å². The van der Waals surface area contributed by atoms with Crippen molar-refractivity contribution < 1.29 is 4.79 Å². The molecule has 0 bridgehead atoms. The smallest absolute Gasteiger partial charge is 0.132 e. The Balaban J connectivity index is 1.76. The molecule has 0 aliphatic heterocycles. The standard InChI is InChI=1S/C28H38O/c29-27-19-11-1-3-13-21-28(22-14-4-2-12-20-27,23-25-15-7-5-8-16-25)24-26-17-9-6-10-18-26/h5-10,15-18H,1-4,11-14,19-24H2. The van der Waals surface area contributed by atoms with Gasteiger partial charge in [-0.05, 0) is 55.1 Å². The molecular weight excluding hydrogens is 352 g/mol. The van der Waals surface area contributed by atoms with Gasteiger partial charge in [0.1, 0.15) is 5.78 Å². The summed E-state index contributed by atoms with van der Waals surface area (Å²) in [6.07, 6.45) is 16.2. The zero-order chi connectivity index (χ0) is 20.2.